The molecule has 0 spiro atoms. The molecule has 1 nitrogen and oxygen atoms in total. The lowest BCUT2D eigenvalue weighted by molar-refractivity contribution is 0.577. The van der Waals surface area contributed by atoms with Gasteiger partial charge in [-0.25, -0.2) is 0 Å². The first-order chi connectivity index (χ1) is 6.20. The normalized spacial score (nSPS) is 12.9. The Morgan fingerprint density at radius 2 is 2.08 bits per heavy atom. The minimum absolute atomic E-state index is 0.284. The molecule has 3 heteroatoms. The van der Waals surface area contributed by atoms with E-state index < -0.39 is 0 Å². The lowest BCUT2D eigenvalue weighted by atomic mass is 10.1. The number of hydrogen-bond acceptors (Lipinski definition) is 1. The van der Waals surface area contributed by atoms with E-state index in [9.17, 15) is 0 Å². The van der Waals surface area contributed by atoms with Crippen molar-refractivity contribution in [3.63, 3.8) is 0 Å². The predicted octanol–water partition coefficient (Wildman–Crippen LogP) is 3.66. The van der Waals surface area contributed by atoms with Gasteiger partial charge in [0, 0.05) is 6.04 Å². The third-order valence-corrected chi connectivity index (χ3v) is 2.95. The van der Waals surface area contributed by atoms with E-state index in [1.54, 1.807) is 6.07 Å². The quantitative estimate of drug-likeness (QED) is 0.816. The summed E-state index contributed by atoms with van der Waals surface area (Å²) >= 11 is 12.0. The Balaban J connectivity index is 3.05. The Morgan fingerprint density at radius 1 is 1.38 bits per heavy atom. The van der Waals surface area contributed by atoms with E-state index in [1.807, 2.05) is 19.2 Å². The predicted molar refractivity (Wildman–Crippen MR) is 58.6 cm³/mol. The maximum absolute atomic E-state index is 6.07. The first-order valence-corrected chi connectivity index (χ1v) is 5.07. The summed E-state index contributed by atoms with van der Waals surface area (Å²) in [4.78, 5) is 0. The second-order valence-electron chi connectivity index (χ2n) is 2.89. The molecule has 1 atom stereocenters. The summed E-state index contributed by atoms with van der Waals surface area (Å²) in [5.41, 5.74) is 1.07. The molecule has 1 aromatic rings. The number of rotatable bonds is 3. The van der Waals surface area contributed by atoms with Gasteiger partial charge in [0.15, 0.2) is 0 Å². The number of hydrogen-bond donors (Lipinski definition) is 1. The molecular formula is C10H13Cl2N. The molecule has 13 heavy (non-hydrogen) atoms. The number of nitrogens with one attached hydrogen (secondary N) is 1. The molecule has 0 heterocycles. The Morgan fingerprint density at radius 3 is 2.62 bits per heavy atom. The zero-order valence-electron chi connectivity index (χ0n) is 7.77. The van der Waals surface area contributed by atoms with Crippen molar-refractivity contribution in [2.24, 2.45) is 0 Å². The zero-order valence-corrected chi connectivity index (χ0v) is 9.28. The first-order valence-electron chi connectivity index (χ1n) is 4.31. The molecular weight excluding hydrogens is 205 g/mol. The second-order valence-corrected chi connectivity index (χ2v) is 3.68. The van der Waals surface area contributed by atoms with Gasteiger partial charge in [0.05, 0.1) is 10.0 Å². The maximum atomic E-state index is 6.07. The summed E-state index contributed by atoms with van der Waals surface area (Å²) in [6, 6.07) is 6.00. The van der Waals surface area contributed by atoms with Crippen LogP contribution in [0.1, 0.15) is 24.9 Å². The van der Waals surface area contributed by atoms with Crippen LogP contribution in [0.25, 0.3) is 0 Å². The largest absolute Gasteiger partial charge is 0.313 e. The zero-order chi connectivity index (χ0) is 9.84. The van der Waals surface area contributed by atoms with Crippen LogP contribution in [-0.4, -0.2) is 7.05 Å². The lowest BCUT2D eigenvalue weighted by Crippen LogP contribution is -2.15. The van der Waals surface area contributed by atoms with Crippen molar-refractivity contribution in [1.82, 2.24) is 5.32 Å². The fraction of sp³-hybridized carbons (Fsp3) is 0.400. The summed E-state index contributed by atoms with van der Waals surface area (Å²) in [7, 11) is 1.92. The van der Waals surface area contributed by atoms with Crippen LogP contribution in [0.4, 0.5) is 0 Å². The molecule has 1 aromatic carbocycles. The van der Waals surface area contributed by atoms with Crippen molar-refractivity contribution < 1.29 is 0 Å². The monoisotopic (exact) mass is 217 g/mol. The SMILES string of the molecule is CC[C@H](NC)c1cccc(Cl)c1Cl. The van der Waals surface area contributed by atoms with Crippen LogP contribution in [0.2, 0.25) is 10.0 Å². The standard InChI is InChI=1S/C10H13Cl2N/c1-3-9(13-2)7-5-4-6-8(11)10(7)12/h4-6,9,13H,3H2,1-2H3/t9-/m0/s1. The molecule has 1 N–H and O–H groups in total. The average molecular weight is 218 g/mol. The van der Waals surface area contributed by atoms with Crippen molar-refractivity contribution >= 4 is 23.2 Å². The van der Waals surface area contributed by atoms with Gasteiger partial charge in [-0.2, -0.15) is 0 Å². The molecule has 0 aliphatic rings. The average Bonchev–Trinajstić information content (AvgIpc) is 2.14. The van der Waals surface area contributed by atoms with Gasteiger partial charge in [-0.3, -0.25) is 0 Å². The summed E-state index contributed by atoms with van der Waals surface area (Å²) in [5, 5.41) is 4.47. The molecule has 1 rings (SSSR count). The second kappa shape index (κ2) is 4.85. The molecule has 0 aromatic heterocycles. The fourth-order valence-electron chi connectivity index (χ4n) is 1.37. The van der Waals surface area contributed by atoms with Gasteiger partial charge < -0.3 is 5.32 Å². The van der Waals surface area contributed by atoms with Crippen molar-refractivity contribution in [1.29, 1.82) is 0 Å². The van der Waals surface area contributed by atoms with Gasteiger partial charge >= 0.3 is 0 Å². The van der Waals surface area contributed by atoms with Crippen LogP contribution < -0.4 is 5.32 Å². The van der Waals surface area contributed by atoms with Crippen molar-refractivity contribution in [3.05, 3.63) is 33.8 Å². The van der Waals surface area contributed by atoms with E-state index >= 15 is 0 Å². The van der Waals surface area contributed by atoms with Crippen LogP contribution in [0.3, 0.4) is 0 Å². The minimum Gasteiger partial charge on any atom is -0.313 e. The molecule has 0 unspecified atom stereocenters. The molecule has 0 saturated heterocycles. The summed E-state index contributed by atoms with van der Waals surface area (Å²) in [6.45, 7) is 2.11. The van der Waals surface area contributed by atoms with Gasteiger partial charge in [0.2, 0.25) is 0 Å². The Kier molecular flexibility index (Phi) is 4.04. The molecule has 0 fully saturated rings. The first kappa shape index (κ1) is 10.8. The summed E-state index contributed by atoms with van der Waals surface area (Å²) < 4.78 is 0. The highest BCUT2D eigenvalue weighted by molar-refractivity contribution is 6.42. The van der Waals surface area contributed by atoms with Crippen LogP contribution in [0.15, 0.2) is 18.2 Å². The highest BCUT2D eigenvalue weighted by Gasteiger charge is 2.11. The smallest absolute Gasteiger partial charge is 0.0640 e. The van der Waals surface area contributed by atoms with E-state index in [-0.39, 0.29) is 6.04 Å². The van der Waals surface area contributed by atoms with Crippen LogP contribution in [0.5, 0.6) is 0 Å². The highest BCUT2D eigenvalue weighted by atomic mass is 35.5. The fourth-order valence-corrected chi connectivity index (χ4v) is 1.81. The van der Waals surface area contributed by atoms with E-state index in [0.29, 0.717) is 10.0 Å². The van der Waals surface area contributed by atoms with E-state index in [0.717, 1.165) is 12.0 Å². The Hall–Kier alpha value is -0.240. The van der Waals surface area contributed by atoms with Gasteiger partial charge in [-0.15, -0.1) is 0 Å². The Labute approximate surface area is 89.0 Å². The van der Waals surface area contributed by atoms with Crippen molar-refractivity contribution in [2.45, 2.75) is 19.4 Å². The van der Waals surface area contributed by atoms with Gasteiger partial charge in [0.1, 0.15) is 0 Å². The van der Waals surface area contributed by atoms with Crippen molar-refractivity contribution in [3.8, 4) is 0 Å². The summed E-state index contributed by atoms with van der Waals surface area (Å²) in [5.74, 6) is 0. The minimum atomic E-state index is 0.284. The molecule has 72 valence electrons. The third-order valence-electron chi connectivity index (χ3n) is 2.11. The van der Waals surface area contributed by atoms with E-state index in [1.165, 1.54) is 0 Å². The van der Waals surface area contributed by atoms with Crippen molar-refractivity contribution in [2.75, 3.05) is 7.05 Å². The molecule has 0 aliphatic heterocycles. The third kappa shape index (κ3) is 2.37. The molecule has 0 aliphatic carbocycles. The van der Waals surface area contributed by atoms with Gasteiger partial charge in [0.25, 0.3) is 0 Å². The van der Waals surface area contributed by atoms with Crippen LogP contribution in [-0.2, 0) is 0 Å². The topological polar surface area (TPSA) is 12.0 Å². The summed E-state index contributed by atoms with van der Waals surface area (Å²) in [6.07, 6.45) is 0.997. The number of benzene rings is 1. The highest BCUT2D eigenvalue weighted by Crippen LogP contribution is 2.30. The molecule has 0 radical (unpaired) electrons. The molecule has 0 amide bonds. The lowest BCUT2D eigenvalue weighted by Gasteiger charge is -2.16. The van der Waals surface area contributed by atoms with Gasteiger partial charge in [-0.1, -0.05) is 42.3 Å². The van der Waals surface area contributed by atoms with Gasteiger partial charge in [-0.05, 0) is 25.1 Å². The van der Waals surface area contributed by atoms with Crippen LogP contribution in [0, 0.1) is 0 Å². The number of halogens is 2. The van der Waals surface area contributed by atoms with Crippen LogP contribution >= 0.6 is 23.2 Å². The molecule has 0 bridgehead atoms. The van der Waals surface area contributed by atoms with E-state index in [4.69, 9.17) is 23.2 Å². The Bertz CT molecular complexity index is 282. The molecule has 0 saturated carbocycles. The van der Waals surface area contributed by atoms with E-state index in [2.05, 4.69) is 12.2 Å². The maximum Gasteiger partial charge on any atom is 0.0640 e.